The number of alkyl halides is 1. The Morgan fingerprint density at radius 2 is 2.06 bits per heavy atom. The zero-order chi connectivity index (χ0) is 11.9. The largest absolute Gasteiger partial charge is 0.342 e. The van der Waals surface area contributed by atoms with Crippen LogP contribution in [0.4, 0.5) is 4.39 Å². The summed E-state index contributed by atoms with van der Waals surface area (Å²) >= 11 is 0. The molecule has 1 N–H and O–H groups in total. The number of nitrogens with one attached hydrogen (secondary N) is 1. The normalized spacial score (nSPS) is 29.2. The van der Waals surface area contributed by atoms with E-state index in [9.17, 15) is 14.0 Å². The van der Waals surface area contributed by atoms with E-state index >= 15 is 0 Å². The number of nitrogens with zero attached hydrogens (tertiary/aromatic N) is 1. The minimum absolute atomic E-state index is 0.00245. The Bertz CT molecular complexity index is 326. The predicted octanol–water partition coefficient (Wildman–Crippen LogP) is 0.472. The number of rotatable bonds is 3. The van der Waals surface area contributed by atoms with Gasteiger partial charge in [0.15, 0.2) is 0 Å². The molecule has 0 aromatic rings. The summed E-state index contributed by atoms with van der Waals surface area (Å²) in [6.07, 6.45) is 1.95. The fourth-order valence-corrected chi connectivity index (χ4v) is 2.17. The molecule has 2 fully saturated rings. The molecule has 0 spiro atoms. The predicted molar refractivity (Wildman–Crippen MR) is 56.4 cm³/mol. The number of amides is 2. The van der Waals surface area contributed by atoms with Crippen LogP contribution in [0.1, 0.15) is 26.7 Å². The van der Waals surface area contributed by atoms with Gasteiger partial charge in [0.1, 0.15) is 18.3 Å². The molecule has 1 unspecified atom stereocenters. The summed E-state index contributed by atoms with van der Waals surface area (Å²) in [5, 5.41) is 2.75. The lowest BCUT2D eigenvalue weighted by Gasteiger charge is -2.44. The third kappa shape index (κ3) is 1.68. The molecule has 1 atom stereocenters. The first-order valence-electron chi connectivity index (χ1n) is 5.67. The van der Waals surface area contributed by atoms with Gasteiger partial charge in [-0.1, -0.05) is 0 Å². The quantitative estimate of drug-likeness (QED) is 0.763. The van der Waals surface area contributed by atoms with Gasteiger partial charge in [-0.05, 0) is 32.6 Å². The van der Waals surface area contributed by atoms with Crippen LogP contribution in [0.2, 0.25) is 0 Å². The van der Waals surface area contributed by atoms with E-state index < -0.39 is 18.3 Å². The second-order valence-electron chi connectivity index (χ2n) is 5.03. The minimum Gasteiger partial charge on any atom is -0.342 e. The highest BCUT2D eigenvalue weighted by molar-refractivity contribution is 5.99. The minimum atomic E-state index is -0.936. The number of piperazine rings is 1. The van der Waals surface area contributed by atoms with Gasteiger partial charge in [0.2, 0.25) is 11.8 Å². The summed E-state index contributed by atoms with van der Waals surface area (Å²) in [6, 6.07) is -0.424. The molecule has 16 heavy (non-hydrogen) atoms. The van der Waals surface area contributed by atoms with E-state index in [1.165, 1.54) is 4.90 Å². The molecule has 0 radical (unpaired) electrons. The average molecular weight is 228 g/mol. The van der Waals surface area contributed by atoms with Crippen LogP contribution < -0.4 is 5.32 Å². The molecule has 1 aliphatic carbocycles. The molecule has 1 aliphatic heterocycles. The Morgan fingerprint density at radius 3 is 2.56 bits per heavy atom. The molecule has 2 rings (SSSR count). The van der Waals surface area contributed by atoms with Crippen molar-refractivity contribution in [2.45, 2.75) is 38.3 Å². The first-order valence-corrected chi connectivity index (χ1v) is 5.67. The van der Waals surface area contributed by atoms with E-state index in [-0.39, 0.29) is 24.3 Å². The van der Waals surface area contributed by atoms with Crippen molar-refractivity contribution in [2.24, 2.45) is 5.92 Å². The van der Waals surface area contributed by atoms with Crippen LogP contribution in [0.25, 0.3) is 0 Å². The highest BCUT2D eigenvalue weighted by atomic mass is 19.1. The van der Waals surface area contributed by atoms with Gasteiger partial charge in [0.05, 0.1) is 6.54 Å². The number of carbonyl (C=O) groups excluding carboxylic acids is 2. The molecular weight excluding hydrogens is 211 g/mol. The van der Waals surface area contributed by atoms with Crippen molar-refractivity contribution in [3.63, 3.8) is 0 Å². The van der Waals surface area contributed by atoms with Crippen molar-refractivity contribution in [3.05, 3.63) is 0 Å². The van der Waals surface area contributed by atoms with Gasteiger partial charge in [0.25, 0.3) is 0 Å². The standard InChI is InChI=1S/C11H17FN2O2/c1-11(2)10(16)13-8(7-3-4-7)9(15)14(11)6-5-12/h7-8H,3-6H2,1-2H3,(H,13,16). The Balaban J connectivity index is 2.21. The Labute approximate surface area is 94.2 Å². The third-order valence-corrected chi connectivity index (χ3v) is 3.45. The van der Waals surface area contributed by atoms with Crippen molar-refractivity contribution in [2.75, 3.05) is 13.2 Å². The number of halogens is 1. The van der Waals surface area contributed by atoms with Crippen LogP contribution in [0.3, 0.4) is 0 Å². The molecule has 0 aromatic heterocycles. The maximum absolute atomic E-state index is 12.4. The van der Waals surface area contributed by atoms with Gasteiger partial charge < -0.3 is 10.2 Å². The molecule has 2 aliphatic rings. The highest BCUT2D eigenvalue weighted by Gasteiger charge is 2.50. The topological polar surface area (TPSA) is 49.4 Å². The van der Waals surface area contributed by atoms with Gasteiger partial charge >= 0.3 is 0 Å². The summed E-state index contributed by atoms with van der Waals surface area (Å²) in [7, 11) is 0. The SMILES string of the molecule is CC1(C)C(=O)NC(C2CC2)C(=O)N1CCF. The van der Waals surface area contributed by atoms with Gasteiger partial charge in [0, 0.05) is 0 Å². The van der Waals surface area contributed by atoms with Crippen molar-refractivity contribution in [1.29, 1.82) is 0 Å². The summed E-state index contributed by atoms with van der Waals surface area (Å²) in [5.41, 5.74) is -0.936. The molecule has 0 bridgehead atoms. The number of carbonyl (C=O) groups is 2. The van der Waals surface area contributed by atoms with Crippen molar-refractivity contribution >= 4 is 11.8 Å². The average Bonchev–Trinajstić information content (AvgIpc) is 3.02. The van der Waals surface area contributed by atoms with E-state index in [1.807, 2.05) is 0 Å². The summed E-state index contributed by atoms with van der Waals surface area (Å²) in [6.45, 7) is 2.69. The molecule has 90 valence electrons. The first kappa shape index (κ1) is 11.4. The maximum Gasteiger partial charge on any atom is 0.246 e. The zero-order valence-corrected chi connectivity index (χ0v) is 9.62. The molecular formula is C11H17FN2O2. The third-order valence-electron chi connectivity index (χ3n) is 3.45. The second-order valence-corrected chi connectivity index (χ2v) is 5.03. The van der Waals surface area contributed by atoms with Gasteiger partial charge in [-0.2, -0.15) is 0 Å². The van der Waals surface area contributed by atoms with E-state index in [2.05, 4.69) is 5.32 Å². The maximum atomic E-state index is 12.4. The van der Waals surface area contributed by atoms with E-state index in [0.29, 0.717) is 0 Å². The molecule has 1 saturated heterocycles. The lowest BCUT2D eigenvalue weighted by Crippen LogP contribution is -2.69. The van der Waals surface area contributed by atoms with Crippen LogP contribution in [0.15, 0.2) is 0 Å². The number of hydrogen-bond acceptors (Lipinski definition) is 2. The molecule has 5 heteroatoms. The Morgan fingerprint density at radius 1 is 1.44 bits per heavy atom. The molecule has 1 saturated carbocycles. The summed E-state index contributed by atoms with van der Waals surface area (Å²) < 4.78 is 12.4. The van der Waals surface area contributed by atoms with E-state index in [0.717, 1.165) is 12.8 Å². The molecule has 4 nitrogen and oxygen atoms in total. The monoisotopic (exact) mass is 228 g/mol. The Hall–Kier alpha value is -1.13. The highest BCUT2D eigenvalue weighted by Crippen LogP contribution is 2.36. The molecule has 1 heterocycles. The summed E-state index contributed by atoms with van der Waals surface area (Å²) in [5.74, 6) is -0.0585. The fraction of sp³-hybridized carbons (Fsp3) is 0.818. The lowest BCUT2D eigenvalue weighted by molar-refractivity contribution is -0.156. The second kappa shape index (κ2) is 3.71. The van der Waals surface area contributed by atoms with Gasteiger partial charge in [-0.3, -0.25) is 9.59 Å². The number of hydrogen-bond donors (Lipinski definition) is 1. The van der Waals surface area contributed by atoms with Crippen LogP contribution in [0.5, 0.6) is 0 Å². The zero-order valence-electron chi connectivity index (χ0n) is 9.62. The van der Waals surface area contributed by atoms with Crippen LogP contribution in [-0.4, -0.2) is 41.5 Å². The van der Waals surface area contributed by atoms with E-state index in [1.54, 1.807) is 13.8 Å². The fourth-order valence-electron chi connectivity index (χ4n) is 2.17. The van der Waals surface area contributed by atoms with Gasteiger partial charge in [-0.25, -0.2) is 4.39 Å². The Kier molecular flexibility index (Phi) is 2.64. The molecule has 0 aromatic carbocycles. The van der Waals surface area contributed by atoms with Gasteiger partial charge in [-0.15, -0.1) is 0 Å². The van der Waals surface area contributed by atoms with Crippen LogP contribution in [-0.2, 0) is 9.59 Å². The molecule has 2 amide bonds. The lowest BCUT2D eigenvalue weighted by atomic mass is 9.94. The van der Waals surface area contributed by atoms with Crippen LogP contribution >= 0.6 is 0 Å². The van der Waals surface area contributed by atoms with Crippen LogP contribution in [0, 0.1) is 5.92 Å². The van der Waals surface area contributed by atoms with Crippen molar-refractivity contribution < 1.29 is 14.0 Å². The summed E-state index contributed by atoms with van der Waals surface area (Å²) in [4.78, 5) is 25.3. The first-order chi connectivity index (χ1) is 7.48. The smallest absolute Gasteiger partial charge is 0.246 e. The van der Waals surface area contributed by atoms with Crippen molar-refractivity contribution in [1.82, 2.24) is 10.2 Å². The van der Waals surface area contributed by atoms with Crippen molar-refractivity contribution in [3.8, 4) is 0 Å². The van der Waals surface area contributed by atoms with E-state index in [4.69, 9.17) is 0 Å².